The van der Waals surface area contributed by atoms with Gasteiger partial charge in [0.05, 0.1) is 12.1 Å². The number of carbonyl (C=O) groups excluding carboxylic acids is 1. The number of Topliss-reactive ketones (excluding diaryl/α,β-unsaturated/α-hetero) is 1. The summed E-state index contributed by atoms with van der Waals surface area (Å²) in [7, 11) is 0. The Bertz CT molecular complexity index is 683. The summed E-state index contributed by atoms with van der Waals surface area (Å²) in [5.41, 5.74) is 1.23. The first kappa shape index (κ1) is 15.5. The van der Waals surface area contributed by atoms with Crippen molar-refractivity contribution in [3.05, 3.63) is 44.9 Å². The lowest BCUT2D eigenvalue weighted by Crippen LogP contribution is -2.12. The maximum atomic E-state index is 11.9. The third-order valence-electron chi connectivity index (χ3n) is 2.62. The van der Waals surface area contributed by atoms with Gasteiger partial charge >= 0.3 is 5.97 Å². The lowest BCUT2D eigenvalue weighted by molar-refractivity contribution is -0.136. The van der Waals surface area contributed by atoms with Crippen LogP contribution in [0.4, 0.5) is 0 Å². The van der Waals surface area contributed by atoms with E-state index in [0.29, 0.717) is 16.5 Å². The molecule has 2 rings (SSSR count). The molecule has 0 aliphatic rings. The van der Waals surface area contributed by atoms with Crippen LogP contribution in [0.25, 0.3) is 0 Å². The molecular weight excluding hydrogens is 314 g/mol. The second-order valence-electron chi connectivity index (χ2n) is 4.34. The molecule has 1 N–H and O–H groups in total. The van der Waals surface area contributed by atoms with Crippen LogP contribution in [0.5, 0.6) is 5.75 Å². The topological polar surface area (TPSA) is 76.5 Å². The summed E-state index contributed by atoms with van der Waals surface area (Å²) in [6.07, 6.45) is -0.193. The predicted molar refractivity (Wildman–Crippen MR) is 79.5 cm³/mol. The van der Waals surface area contributed by atoms with Crippen molar-refractivity contribution in [2.24, 2.45) is 0 Å². The van der Waals surface area contributed by atoms with Crippen LogP contribution in [0.3, 0.4) is 0 Å². The van der Waals surface area contributed by atoms with E-state index in [0.717, 1.165) is 16.9 Å². The number of hydrogen-bond acceptors (Lipinski definition) is 5. The summed E-state index contributed by atoms with van der Waals surface area (Å²) in [6.45, 7) is 1.69. The van der Waals surface area contributed by atoms with Crippen molar-refractivity contribution in [1.82, 2.24) is 4.98 Å². The average molecular weight is 326 g/mol. The number of carboxylic acids is 1. The fourth-order valence-corrected chi connectivity index (χ4v) is 2.45. The first-order chi connectivity index (χ1) is 9.95. The molecule has 2 aromatic rings. The number of aromatic nitrogens is 1. The lowest BCUT2D eigenvalue weighted by Gasteiger charge is -2.06. The number of thiazole rings is 1. The molecule has 0 fully saturated rings. The minimum atomic E-state index is -0.979. The second kappa shape index (κ2) is 6.69. The Kier molecular flexibility index (Phi) is 4.93. The summed E-state index contributed by atoms with van der Waals surface area (Å²) in [5, 5.41) is 11.1. The van der Waals surface area contributed by atoms with E-state index in [1.807, 2.05) is 6.92 Å². The molecule has 1 aromatic heterocycles. The van der Waals surface area contributed by atoms with Crippen molar-refractivity contribution in [2.75, 3.05) is 6.61 Å². The Hall–Kier alpha value is -1.92. The maximum absolute atomic E-state index is 11.9. The Morgan fingerprint density at radius 1 is 1.43 bits per heavy atom. The predicted octanol–water partition coefficient (Wildman–Crippen LogP) is 2.99. The second-order valence-corrected chi connectivity index (χ2v) is 5.60. The first-order valence-electron chi connectivity index (χ1n) is 6.04. The SMILES string of the molecule is Cc1cc(OCC(=O)c2nc(CC(=O)O)cs2)ccc1Cl. The van der Waals surface area contributed by atoms with Crippen molar-refractivity contribution < 1.29 is 19.4 Å². The number of rotatable bonds is 6. The molecule has 0 amide bonds. The number of hydrogen-bond donors (Lipinski definition) is 1. The van der Waals surface area contributed by atoms with E-state index in [4.69, 9.17) is 21.4 Å². The third-order valence-corrected chi connectivity index (χ3v) is 3.98. The summed E-state index contributed by atoms with van der Waals surface area (Å²) >= 11 is 7.02. The molecular formula is C14H12ClNO4S. The maximum Gasteiger partial charge on any atom is 0.309 e. The van der Waals surface area contributed by atoms with Crippen molar-refractivity contribution in [3.8, 4) is 5.75 Å². The number of nitrogens with zero attached hydrogens (tertiary/aromatic N) is 1. The van der Waals surface area contributed by atoms with Crippen molar-refractivity contribution in [3.63, 3.8) is 0 Å². The number of halogens is 1. The van der Waals surface area contributed by atoms with Crippen LogP contribution < -0.4 is 4.74 Å². The molecule has 0 atom stereocenters. The quantitative estimate of drug-likeness (QED) is 0.826. The van der Waals surface area contributed by atoms with Gasteiger partial charge in [0, 0.05) is 10.4 Å². The highest BCUT2D eigenvalue weighted by atomic mass is 35.5. The molecule has 0 saturated heterocycles. The molecule has 5 nitrogen and oxygen atoms in total. The molecule has 0 saturated carbocycles. The summed E-state index contributed by atoms with van der Waals surface area (Å²) in [4.78, 5) is 26.5. The molecule has 7 heteroatoms. The fraction of sp³-hybridized carbons (Fsp3) is 0.214. The third kappa shape index (κ3) is 4.27. The van der Waals surface area contributed by atoms with Gasteiger partial charge in [-0.15, -0.1) is 11.3 Å². The molecule has 0 radical (unpaired) electrons. The zero-order valence-electron chi connectivity index (χ0n) is 11.1. The fourth-order valence-electron chi connectivity index (χ4n) is 1.59. The van der Waals surface area contributed by atoms with Gasteiger partial charge in [-0.25, -0.2) is 4.98 Å². The molecule has 0 aliphatic carbocycles. The van der Waals surface area contributed by atoms with Crippen LogP contribution in [0.1, 0.15) is 21.1 Å². The molecule has 1 heterocycles. The zero-order valence-corrected chi connectivity index (χ0v) is 12.7. The molecule has 0 spiro atoms. The largest absolute Gasteiger partial charge is 0.485 e. The van der Waals surface area contributed by atoms with Crippen LogP contribution in [-0.2, 0) is 11.2 Å². The van der Waals surface area contributed by atoms with Gasteiger partial charge in [-0.05, 0) is 30.7 Å². The number of ether oxygens (including phenoxy) is 1. The number of carbonyl (C=O) groups is 2. The minimum Gasteiger partial charge on any atom is -0.485 e. The zero-order chi connectivity index (χ0) is 15.4. The smallest absolute Gasteiger partial charge is 0.309 e. The molecule has 1 aromatic carbocycles. The van der Waals surface area contributed by atoms with Crippen LogP contribution in [0.15, 0.2) is 23.6 Å². The Morgan fingerprint density at radius 2 is 2.19 bits per heavy atom. The van der Waals surface area contributed by atoms with E-state index in [1.165, 1.54) is 0 Å². The molecule has 0 aliphatic heterocycles. The van der Waals surface area contributed by atoms with Gasteiger partial charge in [0.1, 0.15) is 5.75 Å². The van der Waals surface area contributed by atoms with E-state index in [-0.39, 0.29) is 23.8 Å². The van der Waals surface area contributed by atoms with Crippen molar-refractivity contribution in [1.29, 1.82) is 0 Å². The molecule has 0 unspecified atom stereocenters. The Morgan fingerprint density at radius 3 is 2.86 bits per heavy atom. The van der Waals surface area contributed by atoms with E-state index < -0.39 is 5.97 Å². The average Bonchev–Trinajstić information content (AvgIpc) is 2.87. The Labute approximate surface area is 130 Å². The van der Waals surface area contributed by atoms with Crippen molar-refractivity contribution >= 4 is 34.7 Å². The van der Waals surface area contributed by atoms with Gasteiger partial charge in [-0.3, -0.25) is 9.59 Å². The van der Waals surface area contributed by atoms with Gasteiger partial charge < -0.3 is 9.84 Å². The summed E-state index contributed by atoms with van der Waals surface area (Å²) < 4.78 is 5.39. The molecule has 110 valence electrons. The monoisotopic (exact) mass is 325 g/mol. The van der Waals surface area contributed by atoms with E-state index in [2.05, 4.69) is 4.98 Å². The molecule has 0 bridgehead atoms. The van der Waals surface area contributed by atoms with Gasteiger partial charge in [0.2, 0.25) is 5.78 Å². The van der Waals surface area contributed by atoms with Crippen LogP contribution in [0.2, 0.25) is 5.02 Å². The van der Waals surface area contributed by atoms with Crippen LogP contribution in [0, 0.1) is 6.92 Å². The minimum absolute atomic E-state index is 0.152. The lowest BCUT2D eigenvalue weighted by atomic mass is 10.2. The Balaban J connectivity index is 1.96. The highest BCUT2D eigenvalue weighted by molar-refractivity contribution is 7.11. The number of ketones is 1. The standard InChI is InChI=1S/C14H12ClNO4S/c1-8-4-10(2-3-11(8)15)20-6-12(17)14-16-9(7-21-14)5-13(18)19/h2-4,7H,5-6H2,1H3,(H,18,19). The number of aliphatic carboxylic acids is 1. The van der Waals surface area contributed by atoms with Gasteiger partial charge in [-0.2, -0.15) is 0 Å². The number of carboxylic acid groups (broad SMARTS) is 1. The number of aryl methyl sites for hydroxylation is 1. The van der Waals surface area contributed by atoms with Crippen LogP contribution >= 0.6 is 22.9 Å². The van der Waals surface area contributed by atoms with Crippen molar-refractivity contribution in [2.45, 2.75) is 13.3 Å². The highest BCUT2D eigenvalue weighted by Gasteiger charge is 2.13. The normalized spacial score (nSPS) is 10.4. The molecule has 21 heavy (non-hydrogen) atoms. The van der Waals surface area contributed by atoms with Gasteiger partial charge in [-0.1, -0.05) is 11.6 Å². The summed E-state index contributed by atoms with van der Waals surface area (Å²) in [5.74, 6) is -0.719. The van der Waals surface area contributed by atoms with Gasteiger partial charge in [0.15, 0.2) is 11.6 Å². The van der Waals surface area contributed by atoms with E-state index >= 15 is 0 Å². The number of benzene rings is 1. The van der Waals surface area contributed by atoms with E-state index in [1.54, 1.807) is 23.6 Å². The first-order valence-corrected chi connectivity index (χ1v) is 7.30. The van der Waals surface area contributed by atoms with E-state index in [9.17, 15) is 9.59 Å². The summed E-state index contributed by atoms with van der Waals surface area (Å²) in [6, 6.07) is 5.12. The van der Waals surface area contributed by atoms with Crippen LogP contribution in [-0.4, -0.2) is 28.4 Å². The highest BCUT2D eigenvalue weighted by Crippen LogP contribution is 2.21. The van der Waals surface area contributed by atoms with Gasteiger partial charge in [0.25, 0.3) is 0 Å².